The molecule has 3 aliphatic rings. The number of piperidine rings is 2. The number of hydrogen-bond acceptors (Lipinski definition) is 4. The maximum Gasteiger partial charge on any atom is 0.250 e. The Morgan fingerprint density at radius 2 is 1.90 bits per heavy atom. The number of hydrogen-bond donors (Lipinski definition) is 1. The Labute approximate surface area is 191 Å². The third-order valence-electron chi connectivity index (χ3n) is 7.10. The SMILES string of the molecule is Cc1ccc(C2(CN3C[C@@H]4C[C@@H](C3)c3cccc(=O)n3C4)CCNCC2)nc1.Cl.Cl. The van der Waals surface area contributed by atoms with Crippen molar-refractivity contribution < 1.29 is 0 Å². The molecular formula is C23H32Cl2N4O. The number of likely N-dealkylation sites (tertiary alicyclic amines) is 1. The molecule has 0 aromatic carbocycles. The van der Waals surface area contributed by atoms with Crippen LogP contribution in [0.3, 0.4) is 0 Å². The first kappa shape index (κ1) is 23.3. The van der Waals surface area contributed by atoms with Crippen LogP contribution in [-0.4, -0.2) is 47.2 Å². The van der Waals surface area contributed by atoms with Crippen LogP contribution in [-0.2, 0) is 12.0 Å². The number of nitrogens with zero attached hydrogens (tertiary/aromatic N) is 3. The molecule has 30 heavy (non-hydrogen) atoms. The normalized spacial score (nSPS) is 24.8. The van der Waals surface area contributed by atoms with Crippen molar-refractivity contribution >= 4 is 24.8 Å². The van der Waals surface area contributed by atoms with Crippen molar-refractivity contribution in [2.45, 2.75) is 44.1 Å². The van der Waals surface area contributed by atoms with Gasteiger partial charge >= 0.3 is 0 Å². The quantitative estimate of drug-likeness (QED) is 0.779. The van der Waals surface area contributed by atoms with Gasteiger partial charge in [-0.3, -0.25) is 9.78 Å². The first-order valence-electron chi connectivity index (χ1n) is 10.7. The first-order chi connectivity index (χ1) is 13.6. The summed E-state index contributed by atoms with van der Waals surface area (Å²) in [5.41, 5.74) is 4.02. The lowest BCUT2D eigenvalue weighted by Crippen LogP contribution is -2.53. The largest absolute Gasteiger partial charge is 0.317 e. The van der Waals surface area contributed by atoms with Crippen LogP contribution in [0.5, 0.6) is 0 Å². The average molecular weight is 451 g/mol. The molecule has 164 valence electrons. The fraction of sp³-hybridized carbons (Fsp3) is 0.565. The van der Waals surface area contributed by atoms with Gasteiger partial charge in [0, 0.05) is 61.2 Å². The van der Waals surface area contributed by atoms with Gasteiger partial charge in [0.25, 0.3) is 5.56 Å². The van der Waals surface area contributed by atoms with Crippen molar-refractivity contribution in [3.05, 3.63) is 63.8 Å². The van der Waals surface area contributed by atoms with Gasteiger partial charge < -0.3 is 14.8 Å². The lowest BCUT2D eigenvalue weighted by atomic mass is 9.74. The standard InChI is InChI=1S/C23H30N4O.2ClH/c1-17-5-6-21(25-12-17)23(7-9-24-10-8-23)16-26-13-18-11-19(15-26)20-3-2-4-22(28)27(20)14-18;;/h2-6,12,18-19,24H,7-11,13-16H2,1H3;2*1H/t18-,19-;;/m0../s1. The smallest absolute Gasteiger partial charge is 0.250 e. The van der Waals surface area contributed by atoms with E-state index in [1.54, 1.807) is 6.07 Å². The molecule has 5 rings (SSSR count). The van der Waals surface area contributed by atoms with Crippen LogP contribution in [0.15, 0.2) is 41.3 Å². The van der Waals surface area contributed by atoms with Gasteiger partial charge in [-0.05, 0) is 62.9 Å². The summed E-state index contributed by atoms with van der Waals surface area (Å²) in [6.07, 6.45) is 5.53. The molecule has 0 saturated carbocycles. The highest BCUT2D eigenvalue weighted by Gasteiger charge is 2.41. The second kappa shape index (κ2) is 9.39. The minimum atomic E-state index is 0. The molecular weight excluding hydrogens is 419 g/mol. The van der Waals surface area contributed by atoms with Crippen molar-refractivity contribution in [3.8, 4) is 0 Å². The van der Waals surface area contributed by atoms with Gasteiger partial charge in [-0.15, -0.1) is 24.8 Å². The summed E-state index contributed by atoms with van der Waals surface area (Å²) in [6.45, 7) is 8.34. The van der Waals surface area contributed by atoms with Crippen LogP contribution >= 0.6 is 24.8 Å². The van der Waals surface area contributed by atoms with Crippen LogP contribution in [0.2, 0.25) is 0 Å². The zero-order valence-electron chi connectivity index (χ0n) is 17.5. The van der Waals surface area contributed by atoms with E-state index < -0.39 is 0 Å². The van der Waals surface area contributed by atoms with E-state index in [-0.39, 0.29) is 35.8 Å². The molecule has 2 atom stereocenters. The summed E-state index contributed by atoms with van der Waals surface area (Å²) in [6, 6.07) is 10.3. The van der Waals surface area contributed by atoms with E-state index in [1.165, 1.54) is 23.4 Å². The fourth-order valence-electron chi connectivity index (χ4n) is 5.73. The molecule has 0 spiro atoms. The summed E-state index contributed by atoms with van der Waals surface area (Å²) < 4.78 is 2.03. The number of aryl methyl sites for hydroxylation is 1. The lowest BCUT2D eigenvalue weighted by Gasteiger charge is -2.47. The predicted molar refractivity (Wildman–Crippen MR) is 125 cm³/mol. The van der Waals surface area contributed by atoms with E-state index in [4.69, 9.17) is 4.98 Å². The first-order valence-corrected chi connectivity index (χ1v) is 10.7. The zero-order chi connectivity index (χ0) is 19.1. The van der Waals surface area contributed by atoms with Crippen LogP contribution in [0.4, 0.5) is 0 Å². The van der Waals surface area contributed by atoms with Gasteiger partial charge in [-0.2, -0.15) is 0 Å². The summed E-state index contributed by atoms with van der Waals surface area (Å²) in [4.78, 5) is 19.8. The van der Waals surface area contributed by atoms with Gasteiger partial charge in [0.2, 0.25) is 0 Å². The van der Waals surface area contributed by atoms with Crippen molar-refractivity contribution in [2.24, 2.45) is 5.92 Å². The highest BCUT2D eigenvalue weighted by atomic mass is 35.5. The third-order valence-corrected chi connectivity index (χ3v) is 7.10. The molecule has 2 saturated heterocycles. The summed E-state index contributed by atoms with van der Waals surface area (Å²) in [5.74, 6) is 1.06. The monoisotopic (exact) mass is 450 g/mol. The molecule has 3 aliphatic heterocycles. The Balaban J connectivity index is 0.00000128. The second-order valence-electron chi connectivity index (χ2n) is 9.14. The molecule has 2 aromatic heterocycles. The van der Waals surface area contributed by atoms with Crippen LogP contribution < -0.4 is 10.9 Å². The van der Waals surface area contributed by atoms with Crippen LogP contribution in [0.25, 0.3) is 0 Å². The van der Waals surface area contributed by atoms with Gasteiger partial charge in [0.1, 0.15) is 0 Å². The van der Waals surface area contributed by atoms with Crippen molar-refractivity contribution in [1.29, 1.82) is 0 Å². The second-order valence-corrected chi connectivity index (χ2v) is 9.14. The highest BCUT2D eigenvalue weighted by Crippen LogP contribution is 2.39. The van der Waals surface area contributed by atoms with E-state index in [9.17, 15) is 4.79 Å². The Morgan fingerprint density at radius 3 is 2.63 bits per heavy atom. The number of nitrogens with one attached hydrogen (secondary N) is 1. The average Bonchev–Trinajstić information content (AvgIpc) is 2.70. The number of pyridine rings is 2. The molecule has 0 amide bonds. The van der Waals surface area contributed by atoms with Gasteiger partial charge in [-0.25, -0.2) is 0 Å². The summed E-state index contributed by atoms with van der Waals surface area (Å²) in [7, 11) is 0. The van der Waals surface area contributed by atoms with Crippen molar-refractivity contribution in [1.82, 2.24) is 19.8 Å². The Hall–Kier alpha value is -1.40. The number of aromatic nitrogens is 2. The molecule has 7 heteroatoms. The number of fused-ring (bicyclic) bond motifs is 4. The van der Waals surface area contributed by atoms with Gasteiger partial charge in [0.05, 0.1) is 0 Å². The molecule has 0 aliphatic carbocycles. The predicted octanol–water partition coefficient (Wildman–Crippen LogP) is 3.14. The topological polar surface area (TPSA) is 50.2 Å². The lowest BCUT2D eigenvalue weighted by molar-refractivity contribution is 0.0847. The molecule has 5 heterocycles. The van der Waals surface area contributed by atoms with Gasteiger partial charge in [0.15, 0.2) is 0 Å². The van der Waals surface area contributed by atoms with Gasteiger partial charge in [-0.1, -0.05) is 12.1 Å². The Bertz CT molecular complexity index is 908. The van der Waals surface area contributed by atoms with Crippen LogP contribution in [0, 0.1) is 12.8 Å². The van der Waals surface area contributed by atoms with Crippen LogP contribution in [0.1, 0.15) is 42.1 Å². The van der Waals surface area contributed by atoms with E-state index in [1.807, 2.05) is 16.8 Å². The Kier molecular flexibility index (Phi) is 7.28. The fourth-order valence-corrected chi connectivity index (χ4v) is 5.73. The molecule has 0 radical (unpaired) electrons. The Morgan fingerprint density at radius 1 is 1.10 bits per heavy atom. The van der Waals surface area contributed by atoms with Crippen molar-refractivity contribution in [3.63, 3.8) is 0 Å². The molecule has 5 nitrogen and oxygen atoms in total. The zero-order valence-corrected chi connectivity index (χ0v) is 19.2. The van der Waals surface area contributed by atoms with E-state index >= 15 is 0 Å². The minimum Gasteiger partial charge on any atom is -0.317 e. The number of halogens is 2. The third kappa shape index (κ3) is 4.31. The molecule has 2 aromatic rings. The molecule has 0 unspecified atom stereocenters. The molecule has 2 bridgehead atoms. The minimum absolute atomic E-state index is 0. The summed E-state index contributed by atoms with van der Waals surface area (Å²) in [5, 5.41) is 3.53. The molecule has 2 fully saturated rings. The van der Waals surface area contributed by atoms with E-state index in [0.29, 0.717) is 11.8 Å². The van der Waals surface area contributed by atoms with E-state index in [0.717, 1.165) is 52.1 Å². The van der Waals surface area contributed by atoms with E-state index in [2.05, 4.69) is 35.3 Å². The molecule has 1 N–H and O–H groups in total. The summed E-state index contributed by atoms with van der Waals surface area (Å²) >= 11 is 0. The maximum atomic E-state index is 12.3. The highest BCUT2D eigenvalue weighted by molar-refractivity contribution is 5.85. The number of rotatable bonds is 3. The maximum absolute atomic E-state index is 12.3. The van der Waals surface area contributed by atoms with Crippen molar-refractivity contribution in [2.75, 3.05) is 32.7 Å².